The molecule has 32 heavy (non-hydrogen) atoms. The topological polar surface area (TPSA) is 61.7 Å². The molecule has 0 fully saturated rings. The lowest BCUT2D eigenvalue weighted by molar-refractivity contribution is -0.192. The SMILES string of the molecule is Fc1ccccc1CC1=N[C@H](c2ccccc2)[C@H](c2ccccc2)N1.O=C(O)C(F)(F)F. The van der Waals surface area contributed by atoms with E-state index in [0.29, 0.717) is 12.0 Å². The molecule has 1 aliphatic rings. The molecule has 0 saturated heterocycles. The molecule has 4 rings (SSSR count). The molecule has 0 aliphatic carbocycles. The first-order chi connectivity index (χ1) is 15.3. The highest BCUT2D eigenvalue weighted by molar-refractivity contribution is 5.87. The third-order valence-electron chi connectivity index (χ3n) is 4.79. The Labute approximate surface area is 182 Å². The Hall–Kier alpha value is -3.68. The Balaban J connectivity index is 0.000000360. The van der Waals surface area contributed by atoms with E-state index in [4.69, 9.17) is 14.9 Å². The highest BCUT2D eigenvalue weighted by Gasteiger charge is 2.38. The summed E-state index contributed by atoms with van der Waals surface area (Å²) in [6.07, 6.45) is -4.61. The number of hydrogen-bond donors (Lipinski definition) is 2. The second-order valence-corrected chi connectivity index (χ2v) is 7.04. The van der Waals surface area contributed by atoms with E-state index in [9.17, 15) is 17.6 Å². The van der Waals surface area contributed by atoms with Gasteiger partial charge in [-0.2, -0.15) is 13.2 Å². The minimum atomic E-state index is -5.08. The summed E-state index contributed by atoms with van der Waals surface area (Å²) in [4.78, 5) is 13.8. The van der Waals surface area contributed by atoms with Crippen molar-refractivity contribution in [1.82, 2.24) is 5.32 Å². The summed E-state index contributed by atoms with van der Waals surface area (Å²) in [5.41, 5.74) is 3.00. The van der Waals surface area contributed by atoms with Gasteiger partial charge in [0.1, 0.15) is 17.7 Å². The van der Waals surface area contributed by atoms with Gasteiger partial charge in [0, 0.05) is 6.42 Å². The van der Waals surface area contributed by atoms with Gasteiger partial charge in [0.05, 0.1) is 6.04 Å². The van der Waals surface area contributed by atoms with Crippen LogP contribution in [0, 0.1) is 5.82 Å². The van der Waals surface area contributed by atoms with Crippen molar-refractivity contribution in [2.24, 2.45) is 4.99 Å². The molecule has 1 heterocycles. The van der Waals surface area contributed by atoms with E-state index in [1.54, 1.807) is 6.07 Å². The van der Waals surface area contributed by atoms with Gasteiger partial charge in [0.15, 0.2) is 0 Å². The zero-order valence-corrected chi connectivity index (χ0v) is 16.8. The number of nitrogens with zero attached hydrogens (tertiary/aromatic N) is 1. The predicted molar refractivity (Wildman–Crippen MR) is 113 cm³/mol. The Bertz CT molecular complexity index is 1070. The molecule has 2 atom stereocenters. The van der Waals surface area contributed by atoms with E-state index in [-0.39, 0.29) is 17.9 Å². The molecule has 166 valence electrons. The van der Waals surface area contributed by atoms with E-state index >= 15 is 0 Å². The third-order valence-corrected chi connectivity index (χ3v) is 4.79. The second-order valence-electron chi connectivity index (χ2n) is 7.04. The fourth-order valence-electron chi connectivity index (χ4n) is 3.30. The van der Waals surface area contributed by atoms with Gasteiger partial charge >= 0.3 is 12.1 Å². The summed E-state index contributed by atoms with van der Waals surface area (Å²) in [5, 5.41) is 10.6. The van der Waals surface area contributed by atoms with Crippen LogP contribution < -0.4 is 5.32 Å². The Morgan fingerprint density at radius 3 is 1.91 bits per heavy atom. The van der Waals surface area contributed by atoms with Crippen molar-refractivity contribution in [3.63, 3.8) is 0 Å². The maximum absolute atomic E-state index is 14.0. The Morgan fingerprint density at radius 2 is 1.38 bits per heavy atom. The molecule has 1 aliphatic heterocycles. The number of halogens is 4. The number of carboxylic acids is 1. The number of rotatable bonds is 4. The van der Waals surface area contributed by atoms with Crippen LogP contribution in [0.25, 0.3) is 0 Å². The van der Waals surface area contributed by atoms with Gasteiger partial charge < -0.3 is 10.4 Å². The predicted octanol–water partition coefficient (Wildman–Crippen LogP) is 5.49. The lowest BCUT2D eigenvalue weighted by Gasteiger charge is -2.19. The van der Waals surface area contributed by atoms with Crippen molar-refractivity contribution < 1.29 is 27.5 Å². The van der Waals surface area contributed by atoms with Gasteiger partial charge in [0.2, 0.25) is 0 Å². The summed E-state index contributed by atoms with van der Waals surface area (Å²) in [6, 6.07) is 27.5. The van der Waals surface area contributed by atoms with Gasteiger partial charge in [-0.25, -0.2) is 9.18 Å². The van der Waals surface area contributed by atoms with Gasteiger partial charge in [-0.15, -0.1) is 0 Å². The lowest BCUT2D eigenvalue weighted by atomic mass is 9.95. The number of nitrogens with one attached hydrogen (secondary N) is 1. The average molecular weight is 444 g/mol. The fourth-order valence-corrected chi connectivity index (χ4v) is 3.30. The van der Waals surface area contributed by atoms with Crippen LogP contribution in [0.4, 0.5) is 17.6 Å². The molecule has 0 aromatic heterocycles. The zero-order chi connectivity index (χ0) is 23.1. The Morgan fingerprint density at radius 1 is 0.875 bits per heavy atom. The third kappa shape index (κ3) is 5.94. The van der Waals surface area contributed by atoms with Gasteiger partial charge in [-0.05, 0) is 22.8 Å². The molecule has 3 aromatic carbocycles. The van der Waals surface area contributed by atoms with Crippen LogP contribution in [-0.2, 0) is 11.2 Å². The summed E-state index contributed by atoms with van der Waals surface area (Å²) in [5.74, 6) is -2.12. The molecule has 0 spiro atoms. The molecule has 0 radical (unpaired) electrons. The molecule has 3 aromatic rings. The van der Waals surface area contributed by atoms with Crippen LogP contribution in [0.15, 0.2) is 89.9 Å². The van der Waals surface area contributed by atoms with E-state index in [2.05, 4.69) is 29.6 Å². The number of aliphatic imine (C=N–C) groups is 1. The van der Waals surface area contributed by atoms with E-state index in [1.165, 1.54) is 11.6 Å². The molecule has 0 unspecified atom stereocenters. The summed E-state index contributed by atoms with van der Waals surface area (Å²) in [6.45, 7) is 0. The minimum Gasteiger partial charge on any atom is -0.475 e. The number of amidine groups is 1. The van der Waals surface area contributed by atoms with Crippen LogP contribution in [0.5, 0.6) is 0 Å². The normalized spacial score (nSPS) is 17.6. The number of aliphatic carboxylic acids is 1. The van der Waals surface area contributed by atoms with Gasteiger partial charge in [-0.1, -0.05) is 78.9 Å². The number of hydrogen-bond acceptors (Lipinski definition) is 3. The number of alkyl halides is 3. The van der Waals surface area contributed by atoms with Crippen LogP contribution >= 0.6 is 0 Å². The van der Waals surface area contributed by atoms with E-state index in [0.717, 1.165) is 11.4 Å². The first-order valence-corrected chi connectivity index (χ1v) is 9.72. The summed E-state index contributed by atoms with van der Waals surface area (Å²) in [7, 11) is 0. The zero-order valence-electron chi connectivity index (χ0n) is 16.8. The first-order valence-electron chi connectivity index (χ1n) is 9.72. The van der Waals surface area contributed by atoms with Crippen molar-refractivity contribution in [2.45, 2.75) is 24.7 Å². The summed E-state index contributed by atoms with van der Waals surface area (Å²) < 4.78 is 45.7. The average Bonchev–Trinajstić information content (AvgIpc) is 3.20. The number of benzene rings is 3. The Kier molecular flexibility index (Phi) is 7.25. The van der Waals surface area contributed by atoms with E-state index in [1.807, 2.05) is 48.5 Å². The largest absolute Gasteiger partial charge is 0.490 e. The van der Waals surface area contributed by atoms with Crippen LogP contribution in [-0.4, -0.2) is 23.1 Å². The quantitative estimate of drug-likeness (QED) is 0.524. The monoisotopic (exact) mass is 444 g/mol. The number of carbonyl (C=O) groups is 1. The van der Waals surface area contributed by atoms with Crippen LogP contribution in [0.1, 0.15) is 28.8 Å². The van der Waals surface area contributed by atoms with Crippen molar-refractivity contribution in [1.29, 1.82) is 0 Å². The molecule has 0 saturated carbocycles. The highest BCUT2D eigenvalue weighted by Crippen LogP contribution is 2.36. The maximum atomic E-state index is 14.0. The standard InChI is InChI=1S/C22H19FN2.C2HF3O2/c23-19-14-8-7-13-18(19)15-20-24-21(16-9-3-1-4-10-16)22(25-20)17-11-5-2-6-12-17;3-2(4,5)1(6)7/h1-14,21-22H,15H2,(H,24,25);(H,6,7)/t21-,22+;. The molecule has 0 amide bonds. The van der Waals surface area contributed by atoms with Gasteiger partial charge in [0.25, 0.3) is 0 Å². The molecule has 8 heteroatoms. The fraction of sp³-hybridized carbons (Fsp3) is 0.167. The van der Waals surface area contributed by atoms with Crippen LogP contribution in [0.2, 0.25) is 0 Å². The first kappa shape index (κ1) is 23.0. The lowest BCUT2D eigenvalue weighted by Crippen LogP contribution is -2.26. The maximum Gasteiger partial charge on any atom is 0.490 e. The minimum absolute atomic E-state index is 0.00891. The van der Waals surface area contributed by atoms with Crippen molar-refractivity contribution in [3.8, 4) is 0 Å². The van der Waals surface area contributed by atoms with Crippen molar-refractivity contribution in [2.75, 3.05) is 0 Å². The van der Waals surface area contributed by atoms with Crippen molar-refractivity contribution >= 4 is 11.8 Å². The smallest absolute Gasteiger partial charge is 0.475 e. The highest BCUT2D eigenvalue weighted by atomic mass is 19.4. The molecule has 2 N–H and O–H groups in total. The number of carboxylic acid groups (broad SMARTS) is 1. The second kappa shape index (κ2) is 10.1. The molecular weight excluding hydrogens is 424 g/mol. The van der Waals surface area contributed by atoms with E-state index < -0.39 is 12.1 Å². The van der Waals surface area contributed by atoms with Crippen LogP contribution in [0.3, 0.4) is 0 Å². The van der Waals surface area contributed by atoms with Gasteiger partial charge in [-0.3, -0.25) is 4.99 Å². The summed E-state index contributed by atoms with van der Waals surface area (Å²) >= 11 is 0. The van der Waals surface area contributed by atoms with Crippen molar-refractivity contribution in [3.05, 3.63) is 107 Å². The molecular formula is C24H20F4N2O2. The molecule has 0 bridgehead atoms. The molecule has 4 nitrogen and oxygen atoms in total.